The quantitative estimate of drug-likeness (QED) is 0.628. The average molecular weight is 178 g/mol. The largest absolute Gasteiger partial charge is 0.383 e. The molecule has 0 aromatic carbocycles. The Morgan fingerprint density at radius 3 is 2.85 bits per heavy atom. The fourth-order valence-electron chi connectivity index (χ4n) is 1.90. The Morgan fingerprint density at radius 1 is 1.38 bits per heavy atom. The minimum absolute atomic E-state index is 0.399. The van der Waals surface area contributed by atoms with Crippen molar-refractivity contribution in [1.82, 2.24) is 4.98 Å². The smallest absolute Gasteiger partial charge is 0.0551 e. The van der Waals surface area contributed by atoms with Gasteiger partial charge in [0.2, 0.25) is 0 Å². The van der Waals surface area contributed by atoms with Crippen LogP contribution in [0.4, 0.5) is 5.69 Å². The summed E-state index contributed by atoms with van der Waals surface area (Å²) < 4.78 is 0. The molecule has 0 saturated heterocycles. The van der Waals surface area contributed by atoms with E-state index in [9.17, 15) is 0 Å². The van der Waals surface area contributed by atoms with Gasteiger partial charge in [-0.1, -0.05) is 20.8 Å². The van der Waals surface area contributed by atoms with Gasteiger partial charge in [0.25, 0.3) is 0 Å². The van der Waals surface area contributed by atoms with Gasteiger partial charge >= 0.3 is 0 Å². The molecule has 0 bridgehead atoms. The highest BCUT2D eigenvalue weighted by atomic mass is 14.9. The topological polar surface area (TPSA) is 27.8 Å². The SMILES string of the molecule is CC(C)(C)C1CNc2cc[nH]c2C1. The first-order valence-corrected chi connectivity index (χ1v) is 4.97. The molecule has 1 aromatic heterocycles. The van der Waals surface area contributed by atoms with Crippen molar-refractivity contribution in [1.29, 1.82) is 0 Å². The van der Waals surface area contributed by atoms with Crippen LogP contribution in [0.2, 0.25) is 0 Å². The third-order valence-corrected chi connectivity index (χ3v) is 3.05. The van der Waals surface area contributed by atoms with E-state index in [1.165, 1.54) is 17.8 Å². The Bertz CT molecular complexity index is 293. The van der Waals surface area contributed by atoms with Crippen LogP contribution in [0.15, 0.2) is 12.3 Å². The monoisotopic (exact) mass is 178 g/mol. The summed E-state index contributed by atoms with van der Waals surface area (Å²) in [5.41, 5.74) is 3.06. The molecule has 1 aliphatic heterocycles. The number of anilines is 1. The predicted molar refractivity (Wildman–Crippen MR) is 55.9 cm³/mol. The van der Waals surface area contributed by atoms with E-state index in [1.54, 1.807) is 0 Å². The molecule has 2 N–H and O–H groups in total. The molecular formula is C11H18N2. The summed E-state index contributed by atoms with van der Waals surface area (Å²) in [5, 5.41) is 3.47. The lowest BCUT2D eigenvalue weighted by molar-refractivity contribution is 0.246. The molecule has 13 heavy (non-hydrogen) atoms. The number of nitrogens with one attached hydrogen (secondary N) is 2. The molecule has 0 radical (unpaired) electrons. The standard InChI is InChI=1S/C11H18N2/c1-11(2,3)8-6-10-9(13-7-8)4-5-12-10/h4-5,8,12-13H,6-7H2,1-3H3. The lowest BCUT2D eigenvalue weighted by Gasteiger charge is -2.34. The zero-order valence-electron chi connectivity index (χ0n) is 8.65. The molecule has 1 unspecified atom stereocenters. The van der Waals surface area contributed by atoms with Gasteiger partial charge in [0.1, 0.15) is 0 Å². The number of H-pyrrole nitrogens is 1. The number of fused-ring (bicyclic) bond motifs is 1. The molecule has 1 aliphatic rings. The molecule has 2 heterocycles. The fraction of sp³-hybridized carbons (Fsp3) is 0.636. The van der Waals surface area contributed by atoms with Gasteiger partial charge in [-0.25, -0.2) is 0 Å². The molecule has 0 aliphatic carbocycles. The van der Waals surface area contributed by atoms with Gasteiger partial charge in [-0.3, -0.25) is 0 Å². The summed E-state index contributed by atoms with van der Waals surface area (Å²) in [6.07, 6.45) is 3.20. The summed E-state index contributed by atoms with van der Waals surface area (Å²) >= 11 is 0. The van der Waals surface area contributed by atoms with Gasteiger partial charge in [-0.15, -0.1) is 0 Å². The second-order valence-electron chi connectivity index (χ2n) is 5.02. The number of hydrogen-bond acceptors (Lipinski definition) is 1. The number of rotatable bonds is 0. The van der Waals surface area contributed by atoms with E-state index in [-0.39, 0.29) is 0 Å². The van der Waals surface area contributed by atoms with Gasteiger partial charge < -0.3 is 10.3 Å². The fourth-order valence-corrected chi connectivity index (χ4v) is 1.90. The van der Waals surface area contributed by atoms with Crippen molar-refractivity contribution in [3.8, 4) is 0 Å². The van der Waals surface area contributed by atoms with E-state index in [1.807, 2.05) is 6.20 Å². The summed E-state index contributed by atoms with van der Waals surface area (Å²) in [6.45, 7) is 8.04. The average Bonchev–Trinajstić information content (AvgIpc) is 2.47. The molecule has 2 rings (SSSR count). The van der Waals surface area contributed by atoms with E-state index >= 15 is 0 Å². The van der Waals surface area contributed by atoms with Gasteiger partial charge in [0, 0.05) is 18.4 Å². The normalized spacial score (nSPS) is 22.2. The predicted octanol–water partition coefficient (Wildman–Crippen LogP) is 2.65. The molecule has 72 valence electrons. The maximum atomic E-state index is 3.47. The van der Waals surface area contributed by atoms with Gasteiger partial charge in [0.05, 0.1) is 5.69 Å². The number of hydrogen-bond donors (Lipinski definition) is 2. The lowest BCUT2D eigenvalue weighted by Crippen LogP contribution is -2.32. The van der Waals surface area contributed by atoms with Gasteiger partial charge in [-0.05, 0) is 23.8 Å². The molecule has 2 nitrogen and oxygen atoms in total. The highest BCUT2D eigenvalue weighted by Gasteiger charge is 2.28. The molecule has 0 saturated carbocycles. The van der Waals surface area contributed by atoms with Crippen LogP contribution in [0.3, 0.4) is 0 Å². The molecule has 0 amide bonds. The molecule has 1 atom stereocenters. The Balaban J connectivity index is 2.18. The second-order valence-corrected chi connectivity index (χ2v) is 5.02. The van der Waals surface area contributed by atoms with Crippen molar-refractivity contribution in [2.75, 3.05) is 11.9 Å². The van der Waals surface area contributed by atoms with Crippen molar-refractivity contribution in [3.05, 3.63) is 18.0 Å². The highest BCUT2D eigenvalue weighted by Crippen LogP contribution is 2.34. The Morgan fingerprint density at radius 2 is 2.15 bits per heavy atom. The molecule has 1 aromatic rings. The van der Waals surface area contributed by atoms with E-state index in [4.69, 9.17) is 0 Å². The van der Waals surface area contributed by atoms with Crippen LogP contribution in [0.5, 0.6) is 0 Å². The van der Waals surface area contributed by atoms with E-state index in [0.717, 1.165) is 12.5 Å². The van der Waals surface area contributed by atoms with Crippen molar-refractivity contribution >= 4 is 5.69 Å². The van der Waals surface area contributed by atoms with Crippen LogP contribution in [-0.2, 0) is 6.42 Å². The van der Waals surface area contributed by atoms with Crippen molar-refractivity contribution < 1.29 is 0 Å². The first-order chi connectivity index (χ1) is 6.07. The number of aromatic amines is 1. The Kier molecular flexibility index (Phi) is 1.86. The first kappa shape index (κ1) is 8.67. The van der Waals surface area contributed by atoms with Crippen molar-refractivity contribution in [2.24, 2.45) is 11.3 Å². The van der Waals surface area contributed by atoms with Gasteiger partial charge in [0.15, 0.2) is 0 Å². The second kappa shape index (κ2) is 2.79. The first-order valence-electron chi connectivity index (χ1n) is 4.97. The van der Waals surface area contributed by atoms with Crippen LogP contribution in [0.1, 0.15) is 26.5 Å². The minimum atomic E-state index is 0.399. The molecule has 0 spiro atoms. The minimum Gasteiger partial charge on any atom is -0.383 e. The Labute approximate surface area is 79.7 Å². The summed E-state index contributed by atoms with van der Waals surface area (Å²) in [7, 11) is 0. The van der Waals surface area contributed by atoms with Crippen LogP contribution in [-0.4, -0.2) is 11.5 Å². The molecule has 2 heteroatoms. The lowest BCUT2D eigenvalue weighted by atomic mass is 9.76. The highest BCUT2D eigenvalue weighted by molar-refractivity contribution is 5.50. The third-order valence-electron chi connectivity index (χ3n) is 3.05. The third kappa shape index (κ3) is 1.58. The van der Waals surface area contributed by atoms with E-state index < -0.39 is 0 Å². The molecular weight excluding hydrogens is 160 g/mol. The van der Waals surface area contributed by atoms with Gasteiger partial charge in [-0.2, -0.15) is 0 Å². The van der Waals surface area contributed by atoms with E-state index in [2.05, 4.69) is 37.1 Å². The molecule has 0 fully saturated rings. The maximum Gasteiger partial charge on any atom is 0.0551 e. The zero-order chi connectivity index (χ0) is 9.47. The van der Waals surface area contributed by atoms with Crippen LogP contribution in [0, 0.1) is 11.3 Å². The summed E-state index contributed by atoms with van der Waals surface area (Å²) in [4.78, 5) is 3.30. The van der Waals surface area contributed by atoms with Crippen molar-refractivity contribution in [3.63, 3.8) is 0 Å². The zero-order valence-corrected chi connectivity index (χ0v) is 8.65. The summed E-state index contributed by atoms with van der Waals surface area (Å²) in [6, 6.07) is 2.12. The van der Waals surface area contributed by atoms with Crippen LogP contribution >= 0.6 is 0 Å². The Hall–Kier alpha value is -0.920. The van der Waals surface area contributed by atoms with E-state index in [0.29, 0.717) is 5.41 Å². The summed E-state index contributed by atoms with van der Waals surface area (Å²) in [5.74, 6) is 0.735. The van der Waals surface area contributed by atoms with Crippen molar-refractivity contribution in [2.45, 2.75) is 27.2 Å². The van der Waals surface area contributed by atoms with Crippen LogP contribution in [0.25, 0.3) is 0 Å². The maximum absolute atomic E-state index is 3.47. The number of aromatic nitrogens is 1. The van der Waals surface area contributed by atoms with Crippen LogP contribution < -0.4 is 5.32 Å².